The molecule has 1 aliphatic rings. The van der Waals surface area contributed by atoms with E-state index in [1.54, 1.807) is 42.7 Å². The van der Waals surface area contributed by atoms with Crippen LogP contribution in [-0.2, 0) is 4.79 Å². The molecule has 1 fully saturated rings. The van der Waals surface area contributed by atoms with Crippen molar-refractivity contribution in [3.63, 3.8) is 0 Å². The summed E-state index contributed by atoms with van der Waals surface area (Å²) in [5.74, 6) is -0.160. The molecule has 1 aliphatic heterocycles. The molecule has 0 saturated carbocycles. The highest BCUT2D eigenvalue weighted by molar-refractivity contribution is 8.27. The molecule has 2 aromatic rings. The number of carbonyl (C=O) groups excluding carboxylic acids is 1. The summed E-state index contributed by atoms with van der Waals surface area (Å²) in [5, 5.41) is 0. The van der Waals surface area contributed by atoms with Crippen molar-refractivity contribution < 1.29 is 23.3 Å². The number of hydrogen-bond acceptors (Lipinski definition) is 4. The quantitative estimate of drug-likeness (QED) is 0.614. The number of aromatic nitrogens is 1. The van der Waals surface area contributed by atoms with Gasteiger partial charge in [0.2, 0.25) is 0 Å². The predicted octanol–water partition coefficient (Wildman–Crippen LogP) is 3.51. The fourth-order valence-corrected chi connectivity index (χ4v) is 3.41. The lowest BCUT2D eigenvalue weighted by Gasteiger charge is -2.11. The average Bonchev–Trinajstić information content (AvgIpc) is 2.83. The Morgan fingerprint density at radius 3 is 2.62 bits per heavy atom. The molecule has 1 N–H and O–H groups in total. The van der Waals surface area contributed by atoms with E-state index in [1.807, 2.05) is 0 Å². The van der Waals surface area contributed by atoms with Crippen molar-refractivity contribution in [1.29, 1.82) is 0 Å². The lowest BCUT2D eigenvalue weighted by atomic mass is 10.2. The number of amides is 1. The fourth-order valence-electron chi connectivity index (χ4n) is 2.11. The summed E-state index contributed by atoms with van der Waals surface area (Å²) >= 11 is 6.46. The first-order chi connectivity index (χ1) is 11.5. The van der Waals surface area contributed by atoms with E-state index in [9.17, 15) is 13.6 Å². The summed E-state index contributed by atoms with van der Waals surface area (Å²) in [7, 11) is 0. The minimum absolute atomic E-state index is 0.0644. The SMILES string of the molecule is O=C1C(=Cc2ccc(OC(F)F)cc2)SC(=S)N1c1ccc[nH+]c1. The van der Waals surface area contributed by atoms with E-state index in [4.69, 9.17) is 12.2 Å². The van der Waals surface area contributed by atoms with Crippen molar-refractivity contribution >= 4 is 46.0 Å². The van der Waals surface area contributed by atoms with Crippen LogP contribution in [0.5, 0.6) is 5.75 Å². The normalized spacial score (nSPS) is 16.3. The summed E-state index contributed by atoms with van der Waals surface area (Å²) in [4.78, 5) is 17.4. The molecule has 0 spiro atoms. The van der Waals surface area contributed by atoms with E-state index in [1.165, 1.54) is 28.8 Å². The molecule has 0 unspecified atom stereocenters. The van der Waals surface area contributed by atoms with Gasteiger partial charge in [0, 0.05) is 6.07 Å². The Morgan fingerprint density at radius 2 is 2.00 bits per heavy atom. The maximum atomic E-state index is 12.5. The number of nitrogens with zero attached hydrogens (tertiary/aromatic N) is 1. The van der Waals surface area contributed by atoms with Crippen molar-refractivity contribution in [2.24, 2.45) is 0 Å². The highest BCUT2D eigenvalue weighted by Gasteiger charge is 2.34. The molecule has 1 aromatic heterocycles. The second-order valence-electron chi connectivity index (χ2n) is 4.73. The van der Waals surface area contributed by atoms with Gasteiger partial charge in [-0.05, 0) is 29.8 Å². The largest absolute Gasteiger partial charge is 0.435 e. The third-order valence-corrected chi connectivity index (χ3v) is 4.45. The average molecular weight is 365 g/mol. The summed E-state index contributed by atoms with van der Waals surface area (Å²) in [6, 6.07) is 9.59. The zero-order chi connectivity index (χ0) is 17.1. The molecule has 122 valence electrons. The topological polar surface area (TPSA) is 43.7 Å². The summed E-state index contributed by atoms with van der Waals surface area (Å²) in [6.45, 7) is -2.87. The van der Waals surface area contributed by atoms with Crippen LogP contribution in [0.25, 0.3) is 6.08 Å². The number of H-pyrrole nitrogens is 1. The van der Waals surface area contributed by atoms with Crippen LogP contribution in [0.4, 0.5) is 14.5 Å². The number of ether oxygens (including phenoxy) is 1. The molecule has 0 radical (unpaired) electrons. The molecule has 1 saturated heterocycles. The number of alkyl halides is 2. The molecular formula is C16H11F2N2O2S2+. The molecule has 4 nitrogen and oxygen atoms in total. The van der Waals surface area contributed by atoms with Gasteiger partial charge >= 0.3 is 6.61 Å². The predicted molar refractivity (Wildman–Crippen MR) is 91.7 cm³/mol. The molecule has 8 heteroatoms. The number of thiocarbonyl (C=S) groups is 1. The molecule has 24 heavy (non-hydrogen) atoms. The number of nitrogens with one attached hydrogen (secondary N) is 1. The van der Waals surface area contributed by atoms with Crippen LogP contribution < -0.4 is 14.6 Å². The number of halogens is 2. The molecule has 0 aliphatic carbocycles. The van der Waals surface area contributed by atoms with Crippen LogP contribution in [0.15, 0.2) is 53.7 Å². The highest BCUT2D eigenvalue weighted by atomic mass is 32.2. The second-order valence-corrected chi connectivity index (χ2v) is 6.40. The van der Waals surface area contributed by atoms with Gasteiger partial charge in [0.25, 0.3) is 5.91 Å². The number of rotatable bonds is 4. The van der Waals surface area contributed by atoms with Gasteiger partial charge < -0.3 is 4.74 Å². The Bertz CT molecular complexity index is 795. The monoisotopic (exact) mass is 365 g/mol. The first kappa shape index (κ1) is 16.5. The second kappa shape index (κ2) is 7.06. The summed E-state index contributed by atoms with van der Waals surface area (Å²) in [5.41, 5.74) is 1.35. The molecule has 0 bridgehead atoms. The van der Waals surface area contributed by atoms with E-state index in [0.29, 0.717) is 20.5 Å². The van der Waals surface area contributed by atoms with Gasteiger partial charge in [-0.1, -0.05) is 36.1 Å². The number of aromatic amines is 1. The van der Waals surface area contributed by atoms with Crippen molar-refractivity contribution in [3.8, 4) is 5.75 Å². The van der Waals surface area contributed by atoms with Crippen molar-refractivity contribution in [3.05, 3.63) is 59.3 Å². The Kier molecular flexibility index (Phi) is 4.86. The molecule has 3 rings (SSSR count). The third kappa shape index (κ3) is 3.60. The maximum absolute atomic E-state index is 12.5. The van der Waals surface area contributed by atoms with Gasteiger partial charge in [0.05, 0.1) is 4.91 Å². The van der Waals surface area contributed by atoms with Gasteiger partial charge in [-0.25, -0.2) is 4.98 Å². The lowest BCUT2D eigenvalue weighted by Crippen LogP contribution is -2.28. The minimum Gasteiger partial charge on any atom is -0.435 e. The molecule has 0 atom stereocenters. The Morgan fingerprint density at radius 1 is 1.25 bits per heavy atom. The van der Waals surface area contributed by atoms with Gasteiger partial charge in [-0.15, -0.1) is 0 Å². The number of thioether (sulfide) groups is 1. The minimum atomic E-state index is -2.87. The summed E-state index contributed by atoms with van der Waals surface area (Å²) < 4.78 is 29.0. The van der Waals surface area contributed by atoms with Crippen molar-refractivity contribution in [2.75, 3.05) is 4.90 Å². The number of carbonyl (C=O) groups is 1. The Labute approximate surface area is 146 Å². The van der Waals surface area contributed by atoms with Crippen molar-refractivity contribution in [2.45, 2.75) is 6.61 Å². The van der Waals surface area contributed by atoms with E-state index < -0.39 is 6.61 Å². The van der Waals surface area contributed by atoms with Crippen LogP contribution >= 0.6 is 24.0 Å². The van der Waals surface area contributed by atoms with E-state index >= 15 is 0 Å². The summed E-state index contributed by atoms with van der Waals surface area (Å²) in [6.07, 6.45) is 5.09. The highest BCUT2D eigenvalue weighted by Crippen LogP contribution is 2.35. The van der Waals surface area contributed by atoms with E-state index in [0.717, 1.165) is 0 Å². The first-order valence-corrected chi connectivity index (χ1v) is 8.06. The van der Waals surface area contributed by atoms with Gasteiger partial charge in [-0.2, -0.15) is 8.78 Å². The molecular weight excluding hydrogens is 354 g/mol. The Balaban J connectivity index is 1.81. The van der Waals surface area contributed by atoms with Crippen LogP contribution in [0, 0.1) is 0 Å². The van der Waals surface area contributed by atoms with Gasteiger partial charge in [0.15, 0.2) is 16.7 Å². The number of pyridine rings is 1. The number of hydrogen-bond donors (Lipinski definition) is 0. The third-order valence-electron chi connectivity index (χ3n) is 3.15. The number of benzene rings is 1. The van der Waals surface area contributed by atoms with E-state index in [-0.39, 0.29) is 11.7 Å². The van der Waals surface area contributed by atoms with Gasteiger partial charge in [0.1, 0.15) is 11.4 Å². The molecule has 2 heterocycles. The Hall–Kier alpha value is -2.32. The lowest BCUT2D eigenvalue weighted by molar-refractivity contribution is -0.377. The molecule has 1 aromatic carbocycles. The van der Waals surface area contributed by atoms with Crippen molar-refractivity contribution in [1.82, 2.24) is 0 Å². The molecule has 1 amide bonds. The van der Waals surface area contributed by atoms with Crippen LogP contribution in [0.1, 0.15) is 5.56 Å². The standard InChI is InChI=1S/C16H10F2N2O2S2/c17-15(18)22-12-5-3-10(4-6-12)8-13-14(21)20(16(23)24-13)11-2-1-7-19-9-11/h1-9,15H/p+1. The van der Waals surface area contributed by atoms with Crippen LogP contribution in [0.3, 0.4) is 0 Å². The van der Waals surface area contributed by atoms with Crippen LogP contribution in [0.2, 0.25) is 0 Å². The zero-order valence-electron chi connectivity index (χ0n) is 12.1. The van der Waals surface area contributed by atoms with Gasteiger partial charge in [-0.3, -0.25) is 9.69 Å². The van der Waals surface area contributed by atoms with Crippen LogP contribution in [-0.4, -0.2) is 16.8 Å². The maximum Gasteiger partial charge on any atom is 0.387 e. The van der Waals surface area contributed by atoms with E-state index in [2.05, 4.69) is 9.72 Å². The smallest absolute Gasteiger partial charge is 0.387 e. The zero-order valence-corrected chi connectivity index (χ0v) is 13.7. The fraction of sp³-hybridized carbons (Fsp3) is 0.0625. The number of anilines is 1. The first-order valence-electron chi connectivity index (χ1n) is 6.83.